The molecule has 0 unspecified atom stereocenters. The second-order valence-corrected chi connectivity index (χ2v) is 4.04. The van der Waals surface area contributed by atoms with Gasteiger partial charge >= 0.3 is 6.18 Å². The summed E-state index contributed by atoms with van der Waals surface area (Å²) in [4.78, 5) is 12.6. The van der Waals surface area contributed by atoms with E-state index in [0.717, 1.165) is 11.0 Å². The van der Waals surface area contributed by atoms with Crippen LogP contribution >= 0.6 is 0 Å². The van der Waals surface area contributed by atoms with E-state index in [-0.39, 0.29) is 12.4 Å². The molecule has 0 aliphatic heterocycles. The smallest absolute Gasteiger partial charge is 0.361 e. The molecule has 1 aromatic rings. The summed E-state index contributed by atoms with van der Waals surface area (Å²) in [6.45, 7) is 4.58. The first-order chi connectivity index (χ1) is 8.79. The maximum atomic E-state index is 13.0. The molecule has 0 N–H and O–H groups in total. The third kappa shape index (κ3) is 3.70. The van der Waals surface area contributed by atoms with E-state index >= 15 is 0 Å². The van der Waals surface area contributed by atoms with Crippen LogP contribution in [0.1, 0.15) is 25.0 Å². The van der Waals surface area contributed by atoms with Crippen molar-refractivity contribution in [1.29, 1.82) is 0 Å². The largest absolute Gasteiger partial charge is 0.418 e. The van der Waals surface area contributed by atoms with Gasteiger partial charge in [-0.15, -0.1) is 0 Å². The van der Waals surface area contributed by atoms with Crippen LogP contribution in [0.2, 0.25) is 0 Å². The molecule has 0 spiro atoms. The molecule has 0 aromatic heterocycles. The number of rotatable bonds is 4. The molecule has 3 nitrogen and oxygen atoms in total. The van der Waals surface area contributed by atoms with Crippen molar-refractivity contribution >= 4 is 11.6 Å². The molecule has 1 amide bonds. The van der Waals surface area contributed by atoms with E-state index in [2.05, 4.69) is 0 Å². The number of amides is 1. The highest BCUT2D eigenvalue weighted by Crippen LogP contribution is 2.38. The summed E-state index contributed by atoms with van der Waals surface area (Å²) in [5, 5.41) is 0. The molecule has 0 atom stereocenters. The lowest BCUT2D eigenvalue weighted by molar-refractivity contribution is -0.137. The van der Waals surface area contributed by atoms with Crippen molar-refractivity contribution < 1.29 is 22.7 Å². The SMILES string of the molecule is CCOCN(C(C)=O)c1c(C)cccc1C(F)(F)F. The molecular weight excluding hydrogens is 259 g/mol. The molecule has 0 heterocycles. The van der Waals surface area contributed by atoms with Crippen LogP contribution in [-0.4, -0.2) is 19.2 Å². The zero-order valence-electron chi connectivity index (χ0n) is 11.0. The summed E-state index contributed by atoms with van der Waals surface area (Å²) < 4.78 is 44.1. The number of halogens is 3. The predicted octanol–water partition coefficient (Wildman–Crippen LogP) is 3.36. The van der Waals surface area contributed by atoms with Gasteiger partial charge in [0.05, 0.1) is 11.3 Å². The Hall–Kier alpha value is -1.56. The normalized spacial score (nSPS) is 11.5. The fourth-order valence-electron chi connectivity index (χ4n) is 1.74. The maximum Gasteiger partial charge on any atom is 0.418 e. The van der Waals surface area contributed by atoms with Crippen LogP contribution in [0.4, 0.5) is 18.9 Å². The molecule has 0 saturated carbocycles. The van der Waals surface area contributed by atoms with Crippen LogP contribution in [0.3, 0.4) is 0 Å². The molecule has 0 aliphatic rings. The van der Waals surface area contributed by atoms with Gasteiger partial charge in [0.1, 0.15) is 6.73 Å². The summed E-state index contributed by atoms with van der Waals surface area (Å²) in [7, 11) is 0. The molecule has 0 bridgehead atoms. The van der Waals surface area contributed by atoms with Crippen LogP contribution in [0.15, 0.2) is 18.2 Å². The standard InChI is InChI=1S/C13H16F3NO2/c1-4-19-8-17(10(3)18)12-9(2)6-5-7-11(12)13(14,15)16/h5-7H,4,8H2,1-3H3. The Kier molecular flexibility index (Phi) is 4.94. The fourth-order valence-corrected chi connectivity index (χ4v) is 1.74. The summed E-state index contributed by atoms with van der Waals surface area (Å²) in [5.41, 5.74) is -0.594. The van der Waals surface area contributed by atoms with Gasteiger partial charge in [-0.25, -0.2) is 0 Å². The van der Waals surface area contributed by atoms with Crippen LogP contribution in [0, 0.1) is 6.92 Å². The first-order valence-electron chi connectivity index (χ1n) is 5.81. The molecule has 0 saturated heterocycles. The third-order valence-electron chi connectivity index (χ3n) is 2.62. The van der Waals surface area contributed by atoms with Gasteiger partial charge in [0, 0.05) is 13.5 Å². The number of hydrogen-bond donors (Lipinski definition) is 0. The van der Waals surface area contributed by atoms with Gasteiger partial charge in [-0.05, 0) is 25.5 Å². The maximum absolute atomic E-state index is 13.0. The molecule has 106 valence electrons. The quantitative estimate of drug-likeness (QED) is 0.788. The molecule has 0 radical (unpaired) electrons. The third-order valence-corrected chi connectivity index (χ3v) is 2.62. The minimum Gasteiger partial charge on any atom is -0.361 e. The van der Waals surface area contributed by atoms with Gasteiger partial charge in [0.25, 0.3) is 0 Å². The van der Waals surface area contributed by atoms with Gasteiger partial charge in [0.2, 0.25) is 5.91 Å². The summed E-state index contributed by atoms with van der Waals surface area (Å²) >= 11 is 0. The average molecular weight is 275 g/mol. The monoisotopic (exact) mass is 275 g/mol. The molecule has 1 rings (SSSR count). The van der Waals surface area contributed by atoms with E-state index < -0.39 is 17.6 Å². The summed E-state index contributed by atoms with van der Waals surface area (Å²) in [6.07, 6.45) is -4.51. The first kappa shape index (κ1) is 15.5. The second-order valence-electron chi connectivity index (χ2n) is 4.04. The van der Waals surface area contributed by atoms with Gasteiger partial charge in [-0.3, -0.25) is 9.69 Å². The van der Waals surface area contributed by atoms with Crippen molar-refractivity contribution in [3.8, 4) is 0 Å². The zero-order chi connectivity index (χ0) is 14.6. The lowest BCUT2D eigenvalue weighted by Crippen LogP contribution is -2.33. The average Bonchev–Trinajstić information content (AvgIpc) is 2.29. The van der Waals surface area contributed by atoms with Crippen molar-refractivity contribution in [2.75, 3.05) is 18.2 Å². The number of ether oxygens (including phenoxy) is 1. The number of para-hydroxylation sites is 1. The molecular formula is C13H16F3NO2. The topological polar surface area (TPSA) is 29.5 Å². The number of hydrogen-bond acceptors (Lipinski definition) is 2. The number of alkyl halides is 3. The Morgan fingerprint density at radius 3 is 2.47 bits per heavy atom. The number of benzene rings is 1. The Morgan fingerprint density at radius 1 is 1.37 bits per heavy atom. The Balaban J connectivity index is 3.32. The van der Waals surface area contributed by atoms with Crippen molar-refractivity contribution in [2.45, 2.75) is 26.9 Å². The zero-order valence-corrected chi connectivity index (χ0v) is 11.0. The Labute approximate surface area is 110 Å². The molecule has 6 heteroatoms. The summed E-state index contributed by atoms with van der Waals surface area (Å²) in [6, 6.07) is 3.82. The number of carbonyl (C=O) groups excluding carboxylic acids is 1. The van der Waals surface area contributed by atoms with Crippen molar-refractivity contribution in [3.63, 3.8) is 0 Å². The van der Waals surface area contributed by atoms with Gasteiger partial charge in [-0.2, -0.15) is 13.2 Å². The molecule has 0 fully saturated rings. The highest BCUT2D eigenvalue weighted by molar-refractivity contribution is 5.93. The number of nitrogens with zero attached hydrogens (tertiary/aromatic N) is 1. The lowest BCUT2D eigenvalue weighted by atomic mass is 10.1. The van der Waals surface area contributed by atoms with Crippen LogP contribution in [-0.2, 0) is 15.7 Å². The van der Waals surface area contributed by atoms with E-state index in [9.17, 15) is 18.0 Å². The minimum absolute atomic E-state index is 0.143. The minimum atomic E-state index is -4.51. The van der Waals surface area contributed by atoms with Crippen molar-refractivity contribution in [1.82, 2.24) is 0 Å². The predicted molar refractivity (Wildman–Crippen MR) is 65.8 cm³/mol. The van der Waals surface area contributed by atoms with Crippen LogP contribution in [0.5, 0.6) is 0 Å². The highest BCUT2D eigenvalue weighted by atomic mass is 19.4. The highest BCUT2D eigenvalue weighted by Gasteiger charge is 2.36. The Morgan fingerprint density at radius 2 is 2.00 bits per heavy atom. The Bertz CT molecular complexity index is 458. The molecule has 19 heavy (non-hydrogen) atoms. The molecule has 0 aliphatic carbocycles. The van der Waals surface area contributed by atoms with Gasteiger partial charge in [-0.1, -0.05) is 12.1 Å². The summed E-state index contributed by atoms with van der Waals surface area (Å²) in [5.74, 6) is -0.492. The van der Waals surface area contributed by atoms with E-state index in [4.69, 9.17) is 4.74 Å². The fraction of sp³-hybridized carbons (Fsp3) is 0.462. The molecule has 1 aromatic carbocycles. The van der Waals surface area contributed by atoms with E-state index in [0.29, 0.717) is 12.2 Å². The van der Waals surface area contributed by atoms with E-state index in [1.807, 2.05) is 0 Å². The number of carbonyl (C=O) groups is 1. The lowest BCUT2D eigenvalue weighted by Gasteiger charge is -2.26. The first-order valence-corrected chi connectivity index (χ1v) is 5.81. The number of aryl methyl sites for hydroxylation is 1. The van der Waals surface area contributed by atoms with Crippen molar-refractivity contribution in [3.05, 3.63) is 29.3 Å². The van der Waals surface area contributed by atoms with Gasteiger partial charge in [0.15, 0.2) is 0 Å². The van der Waals surface area contributed by atoms with Crippen LogP contribution < -0.4 is 4.90 Å². The van der Waals surface area contributed by atoms with Crippen molar-refractivity contribution in [2.24, 2.45) is 0 Å². The second kappa shape index (κ2) is 6.06. The van der Waals surface area contributed by atoms with E-state index in [1.54, 1.807) is 6.92 Å². The van der Waals surface area contributed by atoms with Crippen LogP contribution in [0.25, 0.3) is 0 Å². The number of anilines is 1. The van der Waals surface area contributed by atoms with E-state index in [1.165, 1.54) is 26.0 Å². The van der Waals surface area contributed by atoms with Gasteiger partial charge < -0.3 is 4.74 Å².